The van der Waals surface area contributed by atoms with Gasteiger partial charge in [0.15, 0.2) is 5.16 Å². The molecule has 1 aliphatic carbocycles. The van der Waals surface area contributed by atoms with Crippen molar-refractivity contribution in [1.29, 1.82) is 0 Å². The number of thioether (sulfide) groups is 1. The van der Waals surface area contributed by atoms with Crippen LogP contribution in [0.25, 0.3) is 11.0 Å². The summed E-state index contributed by atoms with van der Waals surface area (Å²) in [6.07, 6.45) is 3.65. The molecule has 3 rings (SSSR count). The van der Waals surface area contributed by atoms with Gasteiger partial charge in [-0.2, -0.15) is 0 Å². The number of nitrogens with zero attached hydrogens (tertiary/aromatic N) is 2. The molecular formula is C14H15FN2O2S. The Hall–Kier alpha value is -1.56. The number of carboxylic acid groups (broad SMARTS) is 1. The highest BCUT2D eigenvalue weighted by Gasteiger charge is 2.21. The second kappa shape index (κ2) is 5.44. The van der Waals surface area contributed by atoms with Gasteiger partial charge in [0.2, 0.25) is 0 Å². The molecule has 0 amide bonds. The van der Waals surface area contributed by atoms with Gasteiger partial charge in [-0.3, -0.25) is 4.79 Å². The zero-order valence-corrected chi connectivity index (χ0v) is 11.7. The number of fused-ring (bicyclic) bond motifs is 1. The maximum Gasteiger partial charge on any atom is 0.313 e. The average molecular weight is 294 g/mol. The normalized spacial score (nSPS) is 15.4. The lowest BCUT2D eigenvalue weighted by atomic mass is 9.85. The lowest BCUT2D eigenvalue weighted by Crippen LogP contribution is -2.18. The highest BCUT2D eigenvalue weighted by molar-refractivity contribution is 7.99. The average Bonchev–Trinajstić information content (AvgIpc) is 2.68. The molecule has 0 bridgehead atoms. The molecule has 20 heavy (non-hydrogen) atoms. The standard InChI is InChI=1S/C14H15FN2O2S/c15-10-4-5-12-11(6-10)16-14(20-8-13(18)19)17(12)7-9-2-1-3-9/h4-6,9H,1-3,7-8H2,(H,18,19). The Morgan fingerprint density at radius 3 is 2.95 bits per heavy atom. The van der Waals surface area contributed by atoms with Gasteiger partial charge in [-0.25, -0.2) is 9.37 Å². The number of hydrogen-bond donors (Lipinski definition) is 1. The first-order chi connectivity index (χ1) is 9.63. The zero-order valence-electron chi connectivity index (χ0n) is 10.9. The fourth-order valence-corrected chi connectivity index (χ4v) is 3.17. The summed E-state index contributed by atoms with van der Waals surface area (Å²) in [5, 5.41) is 9.47. The Morgan fingerprint density at radius 2 is 2.30 bits per heavy atom. The van der Waals surface area contributed by atoms with Crippen molar-refractivity contribution in [2.45, 2.75) is 31.0 Å². The molecule has 1 fully saturated rings. The number of halogens is 1. The van der Waals surface area contributed by atoms with Crippen molar-refractivity contribution in [2.75, 3.05) is 5.75 Å². The smallest absolute Gasteiger partial charge is 0.313 e. The van der Waals surface area contributed by atoms with Gasteiger partial charge in [0.05, 0.1) is 16.8 Å². The van der Waals surface area contributed by atoms with E-state index in [9.17, 15) is 9.18 Å². The summed E-state index contributed by atoms with van der Waals surface area (Å²) in [5.74, 6) is -0.596. The first-order valence-electron chi connectivity index (χ1n) is 6.64. The van der Waals surface area contributed by atoms with Crippen LogP contribution < -0.4 is 0 Å². The molecule has 1 aliphatic rings. The molecule has 106 valence electrons. The molecule has 0 atom stereocenters. The Kier molecular flexibility index (Phi) is 3.65. The third-order valence-electron chi connectivity index (χ3n) is 3.67. The largest absolute Gasteiger partial charge is 0.481 e. The van der Waals surface area contributed by atoms with Crippen molar-refractivity contribution in [3.63, 3.8) is 0 Å². The molecule has 6 heteroatoms. The fraction of sp³-hybridized carbons (Fsp3) is 0.429. The first-order valence-corrected chi connectivity index (χ1v) is 7.62. The maximum atomic E-state index is 13.3. The Labute approximate surface area is 120 Å². The maximum absolute atomic E-state index is 13.3. The molecule has 0 spiro atoms. The summed E-state index contributed by atoms with van der Waals surface area (Å²) < 4.78 is 15.3. The molecule has 0 saturated heterocycles. The summed E-state index contributed by atoms with van der Waals surface area (Å²) in [6, 6.07) is 4.55. The van der Waals surface area contributed by atoms with Gasteiger partial charge >= 0.3 is 5.97 Å². The van der Waals surface area contributed by atoms with Crippen LogP contribution in [-0.4, -0.2) is 26.4 Å². The van der Waals surface area contributed by atoms with Crippen LogP contribution in [-0.2, 0) is 11.3 Å². The van der Waals surface area contributed by atoms with Crippen LogP contribution in [0.1, 0.15) is 19.3 Å². The van der Waals surface area contributed by atoms with Crippen molar-refractivity contribution in [3.05, 3.63) is 24.0 Å². The molecule has 1 heterocycles. The highest BCUT2D eigenvalue weighted by atomic mass is 32.2. The SMILES string of the molecule is O=C(O)CSc1nc2cc(F)ccc2n1CC1CCC1. The van der Waals surface area contributed by atoms with E-state index < -0.39 is 5.97 Å². The third-order valence-corrected chi connectivity index (χ3v) is 4.63. The van der Waals surface area contributed by atoms with Gasteiger partial charge in [-0.05, 0) is 30.9 Å². The zero-order chi connectivity index (χ0) is 14.1. The van der Waals surface area contributed by atoms with E-state index in [-0.39, 0.29) is 11.6 Å². The first kappa shape index (κ1) is 13.4. The minimum atomic E-state index is -0.872. The van der Waals surface area contributed by atoms with Crippen molar-refractivity contribution >= 4 is 28.8 Å². The minimum Gasteiger partial charge on any atom is -0.481 e. The third kappa shape index (κ3) is 2.65. The molecule has 1 N–H and O–H groups in total. The van der Waals surface area contributed by atoms with Crippen LogP contribution in [0.15, 0.2) is 23.4 Å². The number of benzene rings is 1. The Balaban J connectivity index is 1.96. The monoisotopic (exact) mass is 294 g/mol. The Bertz CT molecular complexity index is 652. The summed E-state index contributed by atoms with van der Waals surface area (Å²) in [7, 11) is 0. The van der Waals surface area contributed by atoms with E-state index in [2.05, 4.69) is 4.98 Å². The van der Waals surface area contributed by atoms with Crippen molar-refractivity contribution in [1.82, 2.24) is 9.55 Å². The van der Waals surface area contributed by atoms with Gasteiger partial charge in [-0.15, -0.1) is 0 Å². The second-order valence-corrected chi connectivity index (χ2v) is 6.06. The number of rotatable bonds is 5. The van der Waals surface area contributed by atoms with Crippen LogP contribution in [0, 0.1) is 11.7 Å². The molecular weight excluding hydrogens is 279 g/mol. The molecule has 0 aliphatic heterocycles. The van der Waals surface area contributed by atoms with E-state index >= 15 is 0 Å². The lowest BCUT2D eigenvalue weighted by Gasteiger charge is -2.26. The van der Waals surface area contributed by atoms with Gasteiger partial charge in [0.25, 0.3) is 0 Å². The van der Waals surface area contributed by atoms with Crippen LogP contribution >= 0.6 is 11.8 Å². The van der Waals surface area contributed by atoms with E-state index in [1.807, 2.05) is 4.57 Å². The summed E-state index contributed by atoms with van der Waals surface area (Å²) in [6.45, 7) is 0.837. The number of carbonyl (C=O) groups is 1. The predicted molar refractivity (Wildman–Crippen MR) is 75.4 cm³/mol. The van der Waals surface area contributed by atoms with Gasteiger partial charge < -0.3 is 9.67 Å². The number of hydrogen-bond acceptors (Lipinski definition) is 3. The summed E-state index contributed by atoms with van der Waals surface area (Å²) in [4.78, 5) is 15.1. The van der Waals surface area contributed by atoms with Crippen molar-refractivity contribution < 1.29 is 14.3 Å². The van der Waals surface area contributed by atoms with E-state index in [1.54, 1.807) is 6.07 Å². The van der Waals surface area contributed by atoms with Gasteiger partial charge in [0.1, 0.15) is 5.82 Å². The summed E-state index contributed by atoms with van der Waals surface area (Å²) >= 11 is 1.19. The van der Waals surface area contributed by atoms with Crippen molar-refractivity contribution in [3.8, 4) is 0 Å². The molecule has 1 aromatic carbocycles. The summed E-state index contributed by atoms with van der Waals surface area (Å²) in [5.41, 5.74) is 1.48. The van der Waals surface area contributed by atoms with Crippen LogP contribution in [0.5, 0.6) is 0 Å². The quantitative estimate of drug-likeness (QED) is 0.861. The molecule has 1 aromatic heterocycles. The predicted octanol–water partition coefficient (Wildman–Crippen LogP) is 3.15. The number of aromatic nitrogens is 2. The van der Waals surface area contributed by atoms with Crippen LogP contribution in [0.2, 0.25) is 0 Å². The lowest BCUT2D eigenvalue weighted by molar-refractivity contribution is -0.133. The van der Waals surface area contributed by atoms with Crippen molar-refractivity contribution in [2.24, 2.45) is 5.92 Å². The topological polar surface area (TPSA) is 55.1 Å². The number of aliphatic carboxylic acids is 1. The van der Waals surface area contributed by atoms with E-state index in [1.165, 1.54) is 43.2 Å². The van der Waals surface area contributed by atoms with Gasteiger partial charge in [0, 0.05) is 12.6 Å². The number of carboxylic acids is 1. The van der Waals surface area contributed by atoms with E-state index in [0.29, 0.717) is 16.6 Å². The van der Waals surface area contributed by atoms with Crippen LogP contribution in [0.4, 0.5) is 4.39 Å². The minimum absolute atomic E-state index is 0.0313. The molecule has 2 aromatic rings. The molecule has 0 radical (unpaired) electrons. The van der Waals surface area contributed by atoms with E-state index in [0.717, 1.165) is 12.1 Å². The highest BCUT2D eigenvalue weighted by Crippen LogP contribution is 2.32. The molecule has 0 unspecified atom stereocenters. The Morgan fingerprint density at radius 1 is 1.50 bits per heavy atom. The van der Waals surface area contributed by atoms with Gasteiger partial charge in [-0.1, -0.05) is 18.2 Å². The van der Waals surface area contributed by atoms with Crippen LogP contribution in [0.3, 0.4) is 0 Å². The second-order valence-electron chi connectivity index (χ2n) is 5.12. The number of imidazole rings is 1. The fourth-order valence-electron chi connectivity index (χ4n) is 2.43. The molecule has 1 saturated carbocycles. The molecule has 4 nitrogen and oxygen atoms in total. The van der Waals surface area contributed by atoms with E-state index in [4.69, 9.17) is 5.11 Å².